The smallest absolute Gasteiger partial charge is 0.338 e. The number of benzene rings is 4. The number of hydrogen-bond acceptors (Lipinski definition) is 6. The average Bonchev–Trinajstić information content (AvgIpc) is 3.00. The van der Waals surface area contributed by atoms with Crippen molar-refractivity contribution < 1.29 is 28.7 Å². The van der Waals surface area contributed by atoms with Crippen molar-refractivity contribution in [3.8, 4) is 0 Å². The van der Waals surface area contributed by atoms with E-state index in [2.05, 4.69) is 5.48 Å². The molecule has 1 amide bonds. The molecule has 4 aromatic rings. The number of hydroxylamine groups is 1. The highest BCUT2D eigenvalue weighted by Crippen LogP contribution is 2.18. The lowest BCUT2D eigenvalue weighted by atomic mass is 9.95. The minimum Gasteiger partial charge on any atom is -0.461 e. The molecule has 0 aliphatic heterocycles. The van der Waals surface area contributed by atoms with Gasteiger partial charge in [0, 0.05) is 6.42 Å². The number of ether oxygens (including phenoxy) is 2. The molecule has 0 radical (unpaired) electrons. The topological polar surface area (TPSA) is 90.9 Å². The molecule has 0 spiro atoms. The number of rotatable bonds is 13. The van der Waals surface area contributed by atoms with E-state index in [0.29, 0.717) is 11.1 Å². The Morgan fingerprint density at radius 2 is 1.12 bits per heavy atom. The summed E-state index contributed by atoms with van der Waals surface area (Å²) in [6.45, 7) is 0.443. The van der Waals surface area contributed by atoms with Crippen LogP contribution in [0.3, 0.4) is 0 Å². The van der Waals surface area contributed by atoms with E-state index in [1.54, 1.807) is 24.3 Å². The van der Waals surface area contributed by atoms with E-state index < -0.39 is 23.8 Å². The molecule has 0 aliphatic carbocycles. The van der Waals surface area contributed by atoms with Crippen LogP contribution >= 0.6 is 0 Å². The van der Waals surface area contributed by atoms with Crippen molar-refractivity contribution in [2.45, 2.75) is 32.7 Å². The summed E-state index contributed by atoms with van der Waals surface area (Å²) in [7, 11) is 0. The number of carbonyl (C=O) groups is 3. The summed E-state index contributed by atoms with van der Waals surface area (Å²) in [6, 6.07) is 35.0. The Morgan fingerprint density at radius 3 is 1.73 bits per heavy atom. The quantitative estimate of drug-likeness (QED) is 0.177. The van der Waals surface area contributed by atoms with Crippen LogP contribution in [0.2, 0.25) is 0 Å². The van der Waals surface area contributed by atoms with Crippen LogP contribution in [0, 0.1) is 5.92 Å². The first kappa shape index (κ1) is 28.3. The molecule has 4 aromatic carbocycles. The molecule has 7 nitrogen and oxygen atoms in total. The Balaban J connectivity index is 1.39. The highest BCUT2D eigenvalue weighted by molar-refractivity contribution is 5.89. The molecule has 0 heterocycles. The molecule has 1 unspecified atom stereocenters. The van der Waals surface area contributed by atoms with Crippen LogP contribution in [-0.4, -0.2) is 17.8 Å². The maximum absolute atomic E-state index is 13.1. The van der Waals surface area contributed by atoms with Gasteiger partial charge in [0.15, 0.2) is 0 Å². The highest BCUT2D eigenvalue weighted by Gasteiger charge is 2.25. The van der Waals surface area contributed by atoms with Gasteiger partial charge in [-0.1, -0.05) is 103 Å². The number of nitrogens with one attached hydrogen (secondary N) is 1. The van der Waals surface area contributed by atoms with Gasteiger partial charge in [-0.3, -0.25) is 14.4 Å². The second-order valence-electron chi connectivity index (χ2n) is 9.26. The second kappa shape index (κ2) is 15.0. The molecule has 40 heavy (non-hydrogen) atoms. The third kappa shape index (κ3) is 9.22. The molecular formula is C33H31NO6. The number of hydrogen-bond donors (Lipinski definition) is 1. The number of esters is 2. The standard InChI is InChI=1S/C33H31NO6/c35-31(34-40-24-27-15-8-3-9-16-27)21-30(33(37)39-23-26-13-6-2-7-14-26)20-28-17-10-18-29(19-28)32(36)38-22-25-11-4-1-5-12-25/h1-19,30H,20-24H2,(H,34,35). The normalized spacial score (nSPS) is 11.3. The molecule has 0 saturated carbocycles. The maximum atomic E-state index is 13.1. The SMILES string of the molecule is O=C(CC(Cc1cccc(C(=O)OCc2ccccc2)c1)C(=O)OCc1ccccc1)NOCc1ccccc1. The van der Waals surface area contributed by atoms with E-state index >= 15 is 0 Å². The van der Waals surface area contributed by atoms with E-state index in [1.165, 1.54) is 0 Å². The van der Waals surface area contributed by atoms with E-state index in [4.69, 9.17) is 14.3 Å². The van der Waals surface area contributed by atoms with E-state index in [0.717, 1.165) is 16.7 Å². The lowest BCUT2D eigenvalue weighted by Crippen LogP contribution is -2.30. The second-order valence-corrected chi connectivity index (χ2v) is 9.26. The highest BCUT2D eigenvalue weighted by atomic mass is 16.6. The van der Waals surface area contributed by atoms with Crippen LogP contribution in [0.25, 0.3) is 0 Å². The van der Waals surface area contributed by atoms with Crippen LogP contribution in [0.5, 0.6) is 0 Å². The van der Waals surface area contributed by atoms with Gasteiger partial charge in [-0.2, -0.15) is 0 Å². The predicted molar refractivity (Wildman–Crippen MR) is 149 cm³/mol. The van der Waals surface area contributed by atoms with Gasteiger partial charge in [0.2, 0.25) is 5.91 Å². The fourth-order valence-electron chi connectivity index (χ4n) is 4.04. The molecule has 0 bridgehead atoms. The zero-order valence-electron chi connectivity index (χ0n) is 22.0. The van der Waals surface area contributed by atoms with Crippen molar-refractivity contribution in [1.82, 2.24) is 5.48 Å². The summed E-state index contributed by atoms with van der Waals surface area (Å²) in [6.07, 6.45) is 0.0463. The first-order valence-electron chi connectivity index (χ1n) is 13.0. The van der Waals surface area contributed by atoms with Crippen LogP contribution in [0.4, 0.5) is 0 Å². The third-order valence-electron chi connectivity index (χ3n) is 6.11. The average molecular weight is 538 g/mol. The fraction of sp³-hybridized carbons (Fsp3) is 0.182. The van der Waals surface area contributed by atoms with E-state index in [-0.39, 0.29) is 32.7 Å². The van der Waals surface area contributed by atoms with Gasteiger partial charge in [0.25, 0.3) is 0 Å². The van der Waals surface area contributed by atoms with Gasteiger partial charge in [0.1, 0.15) is 13.2 Å². The number of amides is 1. The van der Waals surface area contributed by atoms with Gasteiger partial charge in [-0.05, 0) is 40.8 Å². The molecule has 1 N–H and O–H groups in total. The lowest BCUT2D eigenvalue weighted by Gasteiger charge is -2.17. The molecule has 204 valence electrons. The molecule has 4 rings (SSSR count). The Labute approximate surface area is 233 Å². The van der Waals surface area contributed by atoms with Crippen LogP contribution < -0.4 is 5.48 Å². The summed E-state index contributed by atoms with van der Waals surface area (Å²) in [5.74, 6) is -2.23. The predicted octanol–water partition coefficient (Wildman–Crippen LogP) is 5.58. The molecule has 0 aromatic heterocycles. The zero-order valence-corrected chi connectivity index (χ0v) is 22.0. The Bertz CT molecular complexity index is 1380. The molecule has 0 saturated heterocycles. The molecule has 7 heteroatoms. The lowest BCUT2D eigenvalue weighted by molar-refractivity contribution is -0.153. The van der Waals surface area contributed by atoms with Gasteiger partial charge >= 0.3 is 11.9 Å². The van der Waals surface area contributed by atoms with Gasteiger partial charge in [0.05, 0.1) is 18.1 Å². The van der Waals surface area contributed by atoms with Crippen molar-refractivity contribution in [3.63, 3.8) is 0 Å². The van der Waals surface area contributed by atoms with Crippen molar-refractivity contribution >= 4 is 17.8 Å². The van der Waals surface area contributed by atoms with Gasteiger partial charge < -0.3 is 9.47 Å². The Morgan fingerprint density at radius 1 is 0.600 bits per heavy atom. The van der Waals surface area contributed by atoms with Gasteiger partial charge in [-0.25, -0.2) is 10.3 Å². The van der Waals surface area contributed by atoms with E-state index in [9.17, 15) is 14.4 Å². The van der Waals surface area contributed by atoms with Crippen molar-refractivity contribution in [2.24, 2.45) is 5.92 Å². The van der Waals surface area contributed by atoms with Crippen molar-refractivity contribution in [1.29, 1.82) is 0 Å². The van der Waals surface area contributed by atoms with Crippen LogP contribution in [-0.2, 0) is 50.1 Å². The molecule has 0 aliphatic rings. The molecule has 0 fully saturated rings. The largest absolute Gasteiger partial charge is 0.461 e. The zero-order chi connectivity index (χ0) is 28.0. The summed E-state index contributed by atoms with van der Waals surface area (Å²) in [4.78, 5) is 43.8. The van der Waals surface area contributed by atoms with Crippen LogP contribution in [0.15, 0.2) is 115 Å². The van der Waals surface area contributed by atoms with Crippen molar-refractivity contribution in [3.05, 3.63) is 143 Å². The summed E-state index contributed by atoms with van der Waals surface area (Å²) < 4.78 is 11.0. The fourth-order valence-corrected chi connectivity index (χ4v) is 4.04. The maximum Gasteiger partial charge on any atom is 0.338 e. The minimum atomic E-state index is -0.792. The van der Waals surface area contributed by atoms with E-state index in [1.807, 2.05) is 91.0 Å². The monoisotopic (exact) mass is 537 g/mol. The van der Waals surface area contributed by atoms with Gasteiger partial charge in [-0.15, -0.1) is 0 Å². The third-order valence-corrected chi connectivity index (χ3v) is 6.11. The Kier molecular flexibility index (Phi) is 10.6. The Hall–Kier alpha value is -4.75. The minimum absolute atomic E-state index is 0.0914. The first-order chi connectivity index (χ1) is 19.6. The summed E-state index contributed by atoms with van der Waals surface area (Å²) in [5.41, 5.74) is 6.11. The first-order valence-corrected chi connectivity index (χ1v) is 13.0. The van der Waals surface area contributed by atoms with Crippen molar-refractivity contribution in [2.75, 3.05) is 0 Å². The summed E-state index contributed by atoms with van der Waals surface area (Å²) in [5, 5.41) is 0. The molecule has 1 atom stereocenters. The summed E-state index contributed by atoms with van der Waals surface area (Å²) >= 11 is 0. The number of carbonyl (C=O) groups excluding carboxylic acids is 3. The molecular weight excluding hydrogens is 506 g/mol. The van der Waals surface area contributed by atoms with Crippen LogP contribution in [0.1, 0.15) is 39.0 Å².